The fraction of sp³-hybridized carbons (Fsp3) is 0.562. The first-order valence-electron chi connectivity index (χ1n) is 7.38. The van der Waals surface area contributed by atoms with Crippen molar-refractivity contribution in [2.24, 2.45) is 0 Å². The molecule has 20 heavy (non-hydrogen) atoms. The molecule has 1 saturated heterocycles. The number of carbonyl (C=O) groups excluding carboxylic acids is 1. The van der Waals surface area contributed by atoms with Crippen LogP contribution >= 0.6 is 0 Å². The number of hydrogen-bond donors (Lipinski definition) is 0. The SMILES string of the molecule is CCCN(CCC)C(=O)c1ccc(OCC2CO2)cc1. The average molecular weight is 277 g/mol. The lowest BCUT2D eigenvalue weighted by molar-refractivity contribution is 0.0755. The Morgan fingerprint density at radius 1 is 1.25 bits per heavy atom. The summed E-state index contributed by atoms with van der Waals surface area (Å²) in [5.74, 6) is 0.889. The van der Waals surface area contributed by atoms with Gasteiger partial charge in [-0.3, -0.25) is 4.79 Å². The van der Waals surface area contributed by atoms with E-state index >= 15 is 0 Å². The molecule has 4 heteroatoms. The van der Waals surface area contributed by atoms with Gasteiger partial charge in [-0.2, -0.15) is 0 Å². The Morgan fingerprint density at radius 3 is 2.35 bits per heavy atom. The Morgan fingerprint density at radius 2 is 1.85 bits per heavy atom. The van der Waals surface area contributed by atoms with Crippen LogP contribution in [0.3, 0.4) is 0 Å². The second kappa shape index (κ2) is 7.29. The molecule has 1 fully saturated rings. The number of benzene rings is 1. The van der Waals surface area contributed by atoms with E-state index in [4.69, 9.17) is 9.47 Å². The quantitative estimate of drug-likeness (QED) is 0.686. The van der Waals surface area contributed by atoms with E-state index in [0.717, 1.165) is 43.9 Å². The minimum absolute atomic E-state index is 0.103. The van der Waals surface area contributed by atoms with Gasteiger partial charge in [0.25, 0.3) is 5.91 Å². The predicted molar refractivity (Wildman–Crippen MR) is 78.2 cm³/mol. The van der Waals surface area contributed by atoms with Crippen molar-refractivity contribution >= 4 is 5.91 Å². The molecule has 1 aromatic rings. The monoisotopic (exact) mass is 277 g/mol. The van der Waals surface area contributed by atoms with Gasteiger partial charge in [-0.25, -0.2) is 0 Å². The van der Waals surface area contributed by atoms with Crippen LogP contribution < -0.4 is 4.74 Å². The van der Waals surface area contributed by atoms with Gasteiger partial charge >= 0.3 is 0 Å². The normalized spacial score (nSPS) is 16.8. The first-order chi connectivity index (χ1) is 9.74. The van der Waals surface area contributed by atoms with Crippen molar-refractivity contribution in [2.75, 3.05) is 26.3 Å². The van der Waals surface area contributed by atoms with Crippen molar-refractivity contribution in [3.63, 3.8) is 0 Å². The molecule has 0 spiro atoms. The molecule has 0 radical (unpaired) electrons. The van der Waals surface area contributed by atoms with E-state index in [9.17, 15) is 4.79 Å². The lowest BCUT2D eigenvalue weighted by Crippen LogP contribution is -2.32. The largest absolute Gasteiger partial charge is 0.491 e. The van der Waals surface area contributed by atoms with Gasteiger partial charge in [-0.05, 0) is 37.1 Å². The van der Waals surface area contributed by atoms with Gasteiger partial charge in [0.2, 0.25) is 0 Å². The zero-order chi connectivity index (χ0) is 14.4. The lowest BCUT2D eigenvalue weighted by atomic mass is 10.2. The topological polar surface area (TPSA) is 42.1 Å². The molecule has 2 rings (SSSR count). The van der Waals surface area contributed by atoms with E-state index in [1.807, 2.05) is 29.2 Å². The molecule has 1 heterocycles. The third kappa shape index (κ3) is 4.23. The minimum Gasteiger partial charge on any atom is -0.491 e. The van der Waals surface area contributed by atoms with E-state index in [0.29, 0.717) is 6.61 Å². The number of carbonyl (C=O) groups is 1. The van der Waals surface area contributed by atoms with Crippen LogP contribution in [-0.2, 0) is 4.74 Å². The highest BCUT2D eigenvalue weighted by molar-refractivity contribution is 5.94. The summed E-state index contributed by atoms with van der Waals surface area (Å²) in [6.07, 6.45) is 2.21. The summed E-state index contributed by atoms with van der Waals surface area (Å²) in [5.41, 5.74) is 0.724. The highest BCUT2D eigenvalue weighted by atomic mass is 16.6. The van der Waals surface area contributed by atoms with Gasteiger partial charge in [0.05, 0.1) is 6.61 Å². The van der Waals surface area contributed by atoms with Crippen molar-refractivity contribution in [3.05, 3.63) is 29.8 Å². The van der Waals surface area contributed by atoms with Crippen LogP contribution in [0.5, 0.6) is 5.75 Å². The highest BCUT2D eigenvalue weighted by Crippen LogP contribution is 2.17. The molecule has 4 nitrogen and oxygen atoms in total. The van der Waals surface area contributed by atoms with E-state index in [2.05, 4.69) is 13.8 Å². The summed E-state index contributed by atoms with van der Waals surface area (Å²) in [7, 11) is 0. The number of nitrogens with zero attached hydrogens (tertiary/aromatic N) is 1. The molecular formula is C16H23NO3. The van der Waals surface area contributed by atoms with Crippen LogP contribution in [0, 0.1) is 0 Å². The molecule has 0 aromatic heterocycles. The Balaban J connectivity index is 1.93. The van der Waals surface area contributed by atoms with Gasteiger partial charge in [-0.15, -0.1) is 0 Å². The molecule has 0 saturated carbocycles. The number of ether oxygens (including phenoxy) is 2. The minimum atomic E-state index is 0.103. The van der Waals surface area contributed by atoms with Crippen molar-refractivity contribution in [2.45, 2.75) is 32.8 Å². The third-order valence-corrected chi connectivity index (χ3v) is 3.21. The summed E-state index contributed by atoms with van der Waals surface area (Å²) in [5, 5.41) is 0. The Hall–Kier alpha value is -1.55. The van der Waals surface area contributed by atoms with Gasteiger partial charge in [0, 0.05) is 18.7 Å². The lowest BCUT2D eigenvalue weighted by Gasteiger charge is -2.21. The first kappa shape index (κ1) is 14.9. The van der Waals surface area contributed by atoms with Crippen molar-refractivity contribution in [1.82, 2.24) is 4.90 Å². The number of epoxide rings is 1. The van der Waals surface area contributed by atoms with E-state index in [1.165, 1.54) is 0 Å². The molecule has 110 valence electrons. The molecular weight excluding hydrogens is 254 g/mol. The molecule has 0 aliphatic carbocycles. The Kier molecular flexibility index (Phi) is 5.41. The number of amides is 1. The zero-order valence-electron chi connectivity index (χ0n) is 12.3. The zero-order valence-corrected chi connectivity index (χ0v) is 12.3. The van der Waals surface area contributed by atoms with Crippen LogP contribution in [0.15, 0.2) is 24.3 Å². The number of rotatable bonds is 8. The van der Waals surface area contributed by atoms with Crippen LogP contribution in [0.25, 0.3) is 0 Å². The average Bonchev–Trinajstić information content (AvgIpc) is 3.29. The van der Waals surface area contributed by atoms with Crippen LogP contribution in [0.4, 0.5) is 0 Å². The molecule has 1 aliphatic rings. The molecule has 1 amide bonds. The molecule has 1 aliphatic heterocycles. The van der Waals surface area contributed by atoms with Crippen molar-refractivity contribution in [1.29, 1.82) is 0 Å². The summed E-state index contributed by atoms with van der Waals surface area (Å²) in [4.78, 5) is 14.3. The molecule has 1 atom stereocenters. The fourth-order valence-corrected chi connectivity index (χ4v) is 2.08. The molecule has 1 aromatic carbocycles. The van der Waals surface area contributed by atoms with Crippen molar-refractivity contribution in [3.8, 4) is 5.75 Å². The smallest absolute Gasteiger partial charge is 0.253 e. The van der Waals surface area contributed by atoms with Crippen molar-refractivity contribution < 1.29 is 14.3 Å². The fourth-order valence-electron chi connectivity index (χ4n) is 2.08. The van der Waals surface area contributed by atoms with Gasteiger partial charge in [0.1, 0.15) is 18.5 Å². The second-order valence-electron chi connectivity index (χ2n) is 5.08. The van der Waals surface area contributed by atoms with Crippen LogP contribution in [-0.4, -0.2) is 43.2 Å². The van der Waals surface area contributed by atoms with Crippen LogP contribution in [0.1, 0.15) is 37.0 Å². The highest BCUT2D eigenvalue weighted by Gasteiger charge is 2.23. The molecule has 1 unspecified atom stereocenters. The molecule has 0 bridgehead atoms. The summed E-state index contributed by atoms with van der Waals surface area (Å²) < 4.78 is 10.7. The summed E-state index contributed by atoms with van der Waals surface area (Å²) in [6.45, 7) is 7.18. The van der Waals surface area contributed by atoms with Crippen LogP contribution in [0.2, 0.25) is 0 Å². The predicted octanol–water partition coefficient (Wildman–Crippen LogP) is 2.73. The third-order valence-electron chi connectivity index (χ3n) is 3.21. The maximum atomic E-state index is 12.4. The van der Waals surface area contributed by atoms with Gasteiger partial charge < -0.3 is 14.4 Å². The van der Waals surface area contributed by atoms with Gasteiger partial charge in [0.15, 0.2) is 0 Å². The Labute approximate surface area is 120 Å². The van der Waals surface area contributed by atoms with E-state index < -0.39 is 0 Å². The molecule has 0 N–H and O–H groups in total. The maximum absolute atomic E-state index is 12.4. The first-order valence-corrected chi connectivity index (χ1v) is 7.38. The number of hydrogen-bond acceptors (Lipinski definition) is 3. The second-order valence-corrected chi connectivity index (χ2v) is 5.08. The van der Waals surface area contributed by atoms with E-state index in [-0.39, 0.29) is 12.0 Å². The summed E-state index contributed by atoms with van der Waals surface area (Å²) >= 11 is 0. The maximum Gasteiger partial charge on any atom is 0.253 e. The Bertz CT molecular complexity index is 420. The van der Waals surface area contributed by atoms with Gasteiger partial charge in [-0.1, -0.05) is 13.8 Å². The van der Waals surface area contributed by atoms with E-state index in [1.54, 1.807) is 0 Å². The standard InChI is InChI=1S/C16H23NO3/c1-3-9-17(10-4-2)16(18)13-5-7-14(8-6-13)19-11-15-12-20-15/h5-8,15H,3-4,9-12H2,1-2H3. The summed E-state index contributed by atoms with van der Waals surface area (Å²) in [6, 6.07) is 7.38.